The van der Waals surface area contributed by atoms with E-state index in [0.717, 1.165) is 55.7 Å². The highest BCUT2D eigenvalue weighted by Crippen LogP contribution is 2.23. The molecule has 6 heteroatoms. The number of hydrogen-bond donors (Lipinski definition) is 1. The number of aryl methyl sites for hydroxylation is 2. The third kappa shape index (κ3) is 3.63. The van der Waals surface area contributed by atoms with Crippen molar-refractivity contribution in [2.75, 3.05) is 6.54 Å². The SMILES string of the molecule is CCc1nnc2n1C[C@H](CNCc1ncc(C(C)(C)C)o1)CC2. The summed E-state index contributed by atoms with van der Waals surface area (Å²) >= 11 is 0. The lowest BCUT2D eigenvalue weighted by Gasteiger charge is -2.24. The molecule has 0 radical (unpaired) electrons. The number of nitrogens with zero attached hydrogens (tertiary/aromatic N) is 4. The number of hydrogen-bond acceptors (Lipinski definition) is 5. The molecule has 0 aliphatic carbocycles. The molecule has 0 spiro atoms. The number of aromatic nitrogens is 4. The van der Waals surface area contributed by atoms with E-state index in [1.807, 2.05) is 6.20 Å². The van der Waals surface area contributed by atoms with E-state index in [1.54, 1.807) is 0 Å². The van der Waals surface area contributed by atoms with E-state index in [0.29, 0.717) is 12.5 Å². The summed E-state index contributed by atoms with van der Waals surface area (Å²) in [6, 6.07) is 0. The van der Waals surface area contributed by atoms with Crippen LogP contribution >= 0.6 is 0 Å². The van der Waals surface area contributed by atoms with Gasteiger partial charge in [-0.3, -0.25) is 0 Å². The largest absolute Gasteiger partial charge is 0.444 e. The summed E-state index contributed by atoms with van der Waals surface area (Å²) in [6.07, 6.45) is 4.97. The summed E-state index contributed by atoms with van der Waals surface area (Å²) in [6.45, 7) is 11.2. The molecule has 0 saturated heterocycles. The predicted molar refractivity (Wildman–Crippen MR) is 88.1 cm³/mol. The highest BCUT2D eigenvalue weighted by Gasteiger charge is 2.22. The molecule has 6 nitrogen and oxygen atoms in total. The van der Waals surface area contributed by atoms with Gasteiger partial charge in [0.05, 0.1) is 12.7 Å². The lowest BCUT2D eigenvalue weighted by atomic mass is 9.94. The van der Waals surface area contributed by atoms with E-state index < -0.39 is 0 Å². The van der Waals surface area contributed by atoms with Crippen LogP contribution in [0.5, 0.6) is 0 Å². The van der Waals surface area contributed by atoms with Crippen molar-refractivity contribution < 1.29 is 4.42 Å². The molecular weight excluding hydrogens is 290 g/mol. The van der Waals surface area contributed by atoms with Gasteiger partial charge in [0.1, 0.15) is 17.4 Å². The Morgan fingerprint density at radius 3 is 2.87 bits per heavy atom. The second-order valence-corrected chi connectivity index (χ2v) is 7.40. The minimum atomic E-state index is 0.00992. The van der Waals surface area contributed by atoms with Crippen LogP contribution < -0.4 is 5.32 Å². The van der Waals surface area contributed by atoms with Gasteiger partial charge in [-0.15, -0.1) is 10.2 Å². The van der Waals surface area contributed by atoms with Gasteiger partial charge in [0.2, 0.25) is 5.89 Å². The highest BCUT2D eigenvalue weighted by atomic mass is 16.4. The van der Waals surface area contributed by atoms with Crippen molar-refractivity contribution in [3.63, 3.8) is 0 Å². The van der Waals surface area contributed by atoms with Crippen LogP contribution in [0.2, 0.25) is 0 Å². The zero-order chi connectivity index (χ0) is 16.4. The van der Waals surface area contributed by atoms with E-state index in [9.17, 15) is 0 Å². The van der Waals surface area contributed by atoms with Gasteiger partial charge in [-0.05, 0) is 12.3 Å². The zero-order valence-corrected chi connectivity index (χ0v) is 14.6. The Hall–Kier alpha value is -1.69. The molecule has 0 bridgehead atoms. The Bertz CT molecular complexity index is 639. The quantitative estimate of drug-likeness (QED) is 0.917. The molecule has 126 valence electrons. The average Bonchev–Trinajstić information content (AvgIpc) is 3.13. The van der Waals surface area contributed by atoms with Crippen molar-refractivity contribution in [3.05, 3.63) is 29.5 Å². The molecule has 0 saturated carbocycles. The van der Waals surface area contributed by atoms with Gasteiger partial charge in [-0.25, -0.2) is 4.98 Å². The molecule has 3 heterocycles. The molecule has 1 aliphatic rings. The third-order valence-corrected chi connectivity index (χ3v) is 4.44. The van der Waals surface area contributed by atoms with Crippen LogP contribution in [0.4, 0.5) is 0 Å². The van der Waals surface area contributed by atoms with Crippen LogP contribution in [0.3, 0.4) is 0 Å². The first-order valence-corrected chi connectivity index (χ1v) is 8.54. The molecule has 23 heavy (non-hydrogen) atoms. The molecule has 0 fully saturated rings. The zero-order valence-electron chi connectivity index (χ0n) is 14.6. The maximum atomic E-state index is 5.82. The lowest BCUT2D eigenvalue weighted by Crippen LogP contribution is -2.30. The number of oxazole rings is 1. The Balaban J connectivity index is 1.51. The minimum Gasteiger partial charge on any atom is -0.444 e. The van der Waals surface area contributed by atoms with Crippen molar-refractivity contribution >= 4 is 0 Å². The predicted octanol–water partition coefficient (Wildman–Crippen LogP) is 2.48. The molecule has 0 amide bonds. The van der Waals surface area contributed by atoms with Crippen LogP contribution in [-0.4, -0.2) is 26.3 Å². The van der Waals surface area contributed by atoms with Gasteiger partial charge < -0.3 is 14.3 Å². The second kappa shape index (κ2) is 6.43. The fourth-order valence-electron chi connectivity index (χ4n) is 3.00. The Labute approximate surface area is 137 Å². The van der Waals surface area contributed by atoms with E-state index in [2.05, 4.69) is 52.8 Å². The Kier molecular flexibility index (Phi) is 4.53. The van der Waals surface area contributed by atoms with Gasteiger partial charge in [-0.2, -0.15) is 0 Å². The average molecular weight is 317 g/mol. The number of nitrogens with one attached hydrogen (secondary N) is 1. The monoisotopic (exact) mass is 317 g/mol. The molecule has 1 N–H and O–H groups in total. The fraction of sp³-hybridized carbons (Fsp3) is 0.706. The fourth-order valence-corrected chi connectivity index (χ4v) is 3.00. The highest BCUT2D eigenvalue weighted by molar-refractivity contribution is 5.06. The summed E-state index contributed by atoms with van der Waals surface area (Å²) in [4.78, 5) is 4.37. The molecule has 3 rings (SSSR count). The van der Waals surface area contributed by atoms with E-state index in [4.69, 9.17) is 4.42 Å². The lowest BCUT2D eigenvalue weighted by molar-refractivity contribution is 0.328. The number of fused-ring (bicyclic) bond motifs is 1. The Morgan fingerprint density at radius 1 is 1.35 bits per heavy atom. The second-order valence-electron chi connectivity index (χ2n) is 7.40. The van der Waals surface area contributed by atoms with Gasteiger partial charge in [0.15, 0.2) is 0 Å². The van der Waals surface area contributed by atoms with Gasteiger partial charge in [0.25, 0.3) is 0 Å². The summed E-state index contributed by atoms with van der Waals surface area (Å²) < 4.78 is 8.11. The molecular formula is C17H27N5O. The summed E-state index contributed by atoms with van der Waals surface area (Å²) in [5, 5.41) is 12.0. The van der Waals surface area contributed by atoms with Gasteiger partial charge in [0, 0.05) is 31.3 Å². The molecule has 1 atom stereocenters. The van der Waals surface area contributed by atoms with Crippen LogP contribution in [0, 0.1) is 5.92 Å². The first kappa shape index (κ1) is 16.2. The van der Waals surface area contributed by atoms with Crippen LogP contribution in [0.25, 0.3) is 0 Å². The van der Waals surface area contributed by atoms with E-state index >= 15 is 0 Å². The van der Waals surface area contributed by atoms with Crippen molar-refractivity contribution in [2.24, 2.45) is 5.92 Å². The summed E-state index contributed by atoms with van der Waals surface area (Å²) in [5.41, 5.74) is 0.00992. The van der Waals surface area contributed by atoms with Crippen LogP contribution in [0.1, 0.15) is 57.4 Å². The molecule has 0 aromatic carbocycles. The third-order valence-electron chi connectivity index (χ3n) is 4.44. The van der Waals surface area contributed by atoms with Crippen molar-refractivity contribution in [1.29, 1.82) is 0 Å². The van der Waals surface area contributed by atoms with Crippen molar-refractivity contribution in [3.8, 4) is 0 Å². The van der Waals surface area contributed by atoms with Crippen molar-refractivity contribution in [2.45, 2.75) is 65.5 Å². The maximum absolute atomic E-state index is 5.82. The van der Waals surface area contributed by atoms with Crippen LogP contribution in [0.15, 0.2) is 10.6 Å². The summed E-state index contributed by atoms with van der Waals surface area (Å²) in [5.74, 6) is 4.56. The topological polar surface area (TPSA) is 68.8 Å². The molecule has 1 aliphatic heterocycles. The molecule has 2 aromatic heterocycles. The Morgan fingerprint density at radius 2 is 2.17 bits per heavy atom. The molecule has 2 aromatic rings. The first-order valence-electron chi connectivity index (χ1n) is 8.54. The first-order chi connectivity index (χ1) is 11.0. The van der Waals surface area contributed by atoms with Crippen LogP contribution in [-0.2, 0) is 31.3 Å². The minimum absolute atomic E-state index is 0.00992. The normalized spacial score (nSPS) is 18.2. The smallest absolute Gasteiger partial charge is 0.208 e. The molecule has 0 unspecified atom stereocenters. The van der Waals surface area contributed by atoms with Crippen molar-refractivity contribution in [1.82, 2.24) is 25.1 Å². The van der Waals surface area contributed by atoms with E-state index in [1.165, 1.54) is 0 Å². The summed E-state index contributed by atoms with van der Waals surface area (Å²) in [7, 11) is 0. The van der Waals surface area contributed by atoms with Gasteiger partial charge >= 0.3 is 0 Å². The standard InChI is InChI=1S/C17H27N5O/c1-5-14-20-21-15-7-6-12(11-22(14)15)8-18-10-16-19-9-13(23-16)17(2,3)4/h9,12,18H,5-8,10-11H2,1-4H3/t12-/m0/s1. The van der Waals surface area contributed by atoms with Gasteiger partial charge in [-0.1, -0.05) is 27.7 Å². The maximum Gasteiger partial charge on any atom is 0.208 e. The number of rotatable bonds is 5. The van der Waals surface area contributed by atoms with E-state index in [-0.39, 0.29) is 5.41 Å².